The van der Waals surface area contributed by atoms with Gasteiger partial charge in [-0.1, -0.05) is 29.8 Å². The second-order valence-corrected chi connectivity index (χ2v) is 8.75. The highest BCUT2D eigenvalue weighted by molar-refractivity contribution is 6.31. The fraction of sp³-hybridized carbons (Fsp3) is 0.214. The van der Waals surface area contributed by atoms with Crippen LogP contribution >= 0.6 is 11.6 Å². The molecule has 10 nitrogen and oxygen atoms in total. The van der Waals surface area contributed by atoms with Gasteiger partial charge in [0.05, 0.1) is 30.6 Å². The van der Waals surface area contributed by atoms with Gasteiger partial charge in [0.25, 0.3) is 5.91 Å². The number of amides is 1. The quantitative estimate of drug-likeness (QED) is 0.177. The van der Waals surface area contributed by atoms with E-state index < -0.39 is 23.7 Å². The lowest BCUT2D eigenvalue weighted by molar-refractivity contribution is -0.142. The number of benzene rings is 3. The van der Waals surface area contributed by atoms with Crippen LogP contribution in [0.25, 0.3) is 0 Å². The Morgan fingerprint density at radius 1 is 1.10 bits per heavy atom. The number of halogens is 2. The summed E-state index contributed by atoms with van der Waals surface area (Å²) in [6.45, 7) is 3.24. The van der Waals surface area contributed by atoms with Crippen LogP contribution in [0.5, 0.6) is 11.5 Å². The molecule has 0 saturated carbocycles. The van der Waals surface area contributed by atoms with Crippen molar-refractivity contribution in [2.24, 2.45) is 15.7 Å². The Morgan fingerprint density at radius 2 is 1.82 bits per heavy atom. The van der Waals surface area contributed by atoms with Crippen LogP contribution in [0.3, 0.4) is 0 Å². The first-order valence-electron chi connectivity index (χ1n) is 11.9. The number of hydrogen-bond donors (Lipinski definition) is 3. The van der Waals surface area contributed by atoms with Gasteiger partial charge >= 0.3 is 5.97 Å². The molecule has 12 heteroatoms. The third-order valence-corrected chi connectivity index (χ3v) is 5.98. The number of aliphatic imine (C=N–C) groups is 2. The number of amidine groups is 1. The van der Waals surface area contributed by atoms with Crippen molar-refractivity contribution in [2.45, 2.75) is 12.5 Å². The molecule has 3 aromatic rings. The summed E-state index contributed by atoms with van der Waals surface area (Å²) in [6, 6.07) is 13.8. The summed E-state index contributed by atoms with van der Waals surface area (Å²) < 4.78 is 30.3. The molecule has 0 heterocycles. The monoisotopic (exact) mass is 569 g/mol. The van der Waals surface area contributed by atoms with Gasteiger partial charge in [-0.2, -0.15) is 0 Å². The molecule has 4 N–H and O–H groups in total. The van der Waals surface area contributed by atoms with E-state index in [1.807, 2.05) is 0 Å². The van der Waals surface area contributed by atoms with Crippen molar-refractivity contribution < 1.29 is 28.2 Å². The standard InChI is InChI=1S/C28H29ClFN5O5/c1-32-22-14-23(38-3)24(13-18(22)27(33-2)35-21-7-5-6-19(29)26(21)30)40-15-25(36)34-17-10-8-16(9-11-17)12-20(31)28(37)39-4/h5-11,13-14,20H,1,12,15,31H2,2-4H3,(H,33,35)(H,34,36)/t20-/m0/s1. The first-order chi connectivity index (χ1) is 19.2. The molecule has 0 aliphatic carbocycles. The van der Waals surface area contributed by atoms with Gasteiger partial charge < -0.3 is 30.6 Å². The molecule has 1 amide bonds. The normalized spacial score (nSPS) is 11.8. The molecule has 0 spiro atoms. The Kier molecular flexibility index (Phi) is 10.6. The molecular weight excluding hydrogens is 541 g/mol. The number of nitrogens with two attached hydrogens (primary N) is 1. The Bertz CT molecular complexity index is 1410. The summed E-state index contributed by atoms with van der Waals surface area (Å²) in [7, 11) is 4.24. The first kappa shape index (κ1) is 30.1. The number of rotatable bonds is 11. The van der Waals surface area contributed by atoms with Gasteiger partial charge in [-0.25, -0.2) is 4.39 Å². The molecular formula is C28H29ClFN5O5. The first-order valence-corrected chi connectivity index (χ1v) is 12.3. The van der Waals surface area contributed by atoms with Crippen molar-refractivity contribution in [3.63, 3.8) is 0 Å². The fourth-order valence-electron chi connectivity index (χ4n) is 3.67. The van der Waals surface area contributed by atoms with E-state index >= 15 is 0 Å². The highest BCUT2D eigenvalue weighted by Gasteiger charge is 2.18. The summed E-state index contributed by atoms with van der Waals surface area (Å²) in [6.07, 6.45) is 0.295. The molecule has 40 heavy (non-hydrogen) atoms. The number of nitrogens with zero attached hydrogens (tertiary/aromatic N) is 2. The zero-order valence-electron chi connectivity index (χ0n) is 22.2. The molecule has 0 fully saturated rings. The van der Waals surface area contributed by atoms with Gasteiger partial charge in [0.2, 0.25) is 0 Å². The van der Waals surface area contributed by atoms with Crippen LogP contribution in [0.1, 0.15) is 11.1 Å². The van der Waals surface area contributed by atoms with Gasteiger partial charge in [0, 0.05) is 24.4 Å². The average Bonchev–Trinajstić information content (AvgIpc) is 2.96. The molecule has 3 rings (SSSR count). The predicted molar refractivity (Wildman–Crippen MR) is 154 cm³/mol. The molecule has 3 aromatic carbocycles. The van der Waals surface area contributed by atoms with Crippen molar-refractivity contribution in [1.29, 1.82) is 0 Å². The van der Waals surface area contributed by atoms with Gasteiger partial charge in [0.1, 0.15) is 11.9 Å². The van der Waals surface area contributed by atoms with Crippen molar-refractivity contribution >= 4 is 53.1 Å². The minimum atomic E-state index is -0.778. The third-order valence-electron chi connectivity index (χ3n) is 5.69. The summed E-state index contributed by atoms with van der Waals surface area (Å²) in [5.74, 6) is -0.796. The summed E-state index contributed by atoms with van der Waals surface area (Å²) in [5.41, 5.74) is 8.04. The number of carbonyl (C=O) groups is 2. The van der Waals surface area contributed by atoms with E-state index in [0.717, 1.165) is 5.56 Å². The molecule has 0 radical (unpaired) electrons. The number of ether oxygens (including phenoxy) is 3. The fourth-order valence-corrected chi connectivity index (χ4v) is 3.84. The summed E-state index contributed by atoms with van der Waals surface area (Å²) in [5, 5.41) is 5.59. The number of anilines is 2. The number of nitrogens with one attached hydrogen (secondary N) is 2. The Hall–Kier alpha value is -4.48. The highest BCUT2D eigenvalue weighted by atomic mass is 35.5. The van der Waals surface area contributed by atoms with Gasteiger partial charge in [-0.05, 0) is 49.0 Å². The van der Waals surface area contributed by atoms with Crippen LogP contribution in [0, 0.1) is 5.82 Å². The average molecular weight is 570 g/mol. The molecule has 0 aromatic heterocycles. The number of esters is 1. The zero-order valence-corrected chi connectivity index (χ0v) is 22.9. The maximum absolute atomic E-state index is 14.5. The lowest BCUT2D eigenvalue weighted by Crippen LogP contribution is -2.33. The summed E-state index contributed by atoms with van der Waals surface area (Å²) >= 11 is 5.90. The van der Waals surface area contributed by atoms with Crippen molar-refractivity contribution in [1.82, 2.24) is 0 Å². The van der Waals surface area contributed by atoms with E-state index in [1.54, 1.807) is 42.5 Å². The lowest BCUT2D eigenvalue weighted by atomic mass is 10.1. The Morgan fingerprint density at radius 3 is 2.45 bits per heavy atom. The topological polar surface area (TPSA) is 137 Å². The molecule has 0 unspecified atom stereocenters. The van der Waals surface area contributed by atoms with Crippen LogP contribution in [0.15, 0.2) is 64.6 Å². The smallest absolute Gasteiger partial charge is 0.322 e. The van der Waals surface area contributed by atoms with Crippen LogP contribution in [-0.2, 0) is 20.7 Å². The largest absolute Gasteiger partial charge is 0.493 e. The van der Waals surface area contributed by atoms with E-state index in [2.05, 4.69) is 32.1 Å². The summed E-state index contributed by atoms with van der Waals surface area (Å²) in [4.78, 5) is 32.4. The van der Waals surface area contributed by atoms with E-state index in [-0.39, 0.29) is 28.9 Å². The van der Waals surface area contributed by atoms with E-state index in [1.165, 1.54) is 33.4 Å². The Balaban J connectivity index is 1.73. The number of methoxy groups -OCH3 is 2. The van der Waals surface area contributed by atoms with Crippen LogP contribution in [0.4, 0.5) is 21.5 Å². The second kappa shape index (κ2) is 14.1. The molecule has 0 saturated heterocycles. The van der Waals surface area contributed by atoms with Crippen molar-refractivity contribution in [3.8, 4) is 11.5 Å². The van der Waals surface area contributed by atoms with E-state index in [4.69, 9.17) is 26.8 Å². The molecule has 0 aliphatic rings. The van der Waals surface area contributed by atoms with Gasteiger partial charge in [0.15, 0.2) is 23.9 Å². The highest BCUT2D eigenvalue weighted by Crippen LogP contribution is 2.36. The molecule has 210 valence electrons. The molecule has 0 bridgehead atoms. The number of carbonyl (C=O) groups excluding carboxylic acids is 2. The van der Waals surface area contributed by atoms with E-state index in [0.29, 0.717) is 29.1 Å². The Labute approximate surface area is 236 Å². The lowest BCUT2D eigenvalue weighted by Gasteiger charge is -2.17. The SMILES string of the molecule is C=Nc1cc(OC)c(OCC(=O)Nc2ccc(C[C@H](N)C(=O)OC)cc2)cc1C(=NC)Nc1cccc(Cl)c1F. The van der Waals surface area contributed by atoms with Gasteiger partial charge in [-0.15, -0.1) is 0 Å². The predicted octanol–water partition coefficient (Wildman–Crippen LogP) is 4.37. The van der Waals surface area contributed by atoms with Crippen molar-refractivity contribution in [2.75, 3.05) is 38.5 Å². The second-order valence-electron chi connectivity index (χ2n) is 8.34. The minimum Gasteiger partial charge on any atom is -0.493 e. The zero-order chi connectivity index (χ0) is 29.2. The van der Waals surface area contributed by atoms with Crippen molar-refractivity contribution in [3.05, 3.63) is 76.6 Å². The van der Waals surface area contributed by atoms with Crippen LogP contribution < -0.4 is 25.8 Å². The number of hydrogen-bond acceptors (Lipinski definition) is 8. The van der Waals surface area contributed by atoms with Crippen LogP contribution in [0.2, 0.25) is 5.02 Å². The van der Waals surface area contributed by atoms with E-state index in [9.17, 15) is 14.0 Å². The van der Waals surface area contributed by atoms with Gasteiger partial charge in [-0.3, -0.25) is 19.6 Å². The maximum atomic E-state index is 14.5. The third kappa shape index (κ3) is 7.55. The van der Waals surface area contributed by atoms with Crippen LogP contribution in [-0.4, -0.2) is 58.3 Å². The minimum absolute atomic E-state index is 0.0494. The molecule has 0 aliphatic heterocycles. The molecule has 1 atom stereocenters. The maximum Gasteiger partial charge on any atom is 0.322 e.